The Morgan fingerprint density at radius 1 is 1.03 bits per heavy atom. The van der Waals surface area contributed by atoms with Gasteiger partial charge in [0.05, 0.1) is 24.2 Å². The van der Waals surface area contributed by atoms with E-state index in [1.54, 1.807) is 18.2 Å². The molecule has 0 aliphatic rings. The van der Waals surface area contributed by atoms with Crippen LogP contribution in [0.2, 0.25) is 0 Å². The van der Waals surface area contributed by atoms with Gasteiger partial charge in [-0.2, -0.15) is 0 Å². The summed E-state index contributed by atoms with van der Waals surface area (Å²) in [5.41, 5.74) is 0.788. The Bertz CT molecular complexity index is 998. The zero-order valence-corrected chi connectivity index (χ0v) is 16.8. The van der Waals surface area contributed by atoms with E-state index in [-0.39, 0.29) is 17.2 Å². The molecule has 0 aliphatic carbocycles. The Kier molecular flexibility index (Phi) is 7.49. The third-order valence-corrected chi connectivity index (χ3v) is 5.60. The van der Waals surface area contributed by atoms with E-state index in [0.717, 1.165) is 0 Å². The molecule has 0 aromatic heterocycles. The number of sulfone groups is 1. The molecule has 2 aromatic carbocycles. The third-order valence-electron chi connectivity index (χ3n) is 3.86. The summed E-state index contributed by atoms with van der Waals surface area (Å²) in [6, 6.07) is 12.0. The number of rotatable bonds is 9. The number of ketones is 1. The van der Waals surface area contributed by atoms with Gasteiger partial charge in [0.1, 0.15) is 5.75 Å². The van der Waals surface area contributed by atoms with Crippen LogP contribution in [-0.2, 0) is 24.2 Å². The quantitative estimate of drug-likeness (QED) is 0.489. The van der Waals surface area contributed by atoms with E-state index in [1.807, 2.05) is 0 Å². The maximum atomic E-state index is 12.3. The standard InChI is InChI=1S/C20H21NO7S/c1-14(22)21-16-6-8-18(9-7-16)29(25,26)11-10-20(24)28-13-19(23)15-4-3-5-17(12-15)27-2/h3-9,12H,10-11,13H2,1-2H3,(H,21,22). The number of carbonyl (C=O) groups excluding carboxylic acids is 3. The van der Waals surface area contributed by atoms with Crippen LogP contribution in [0.4, 0.5) is 5.69 Å². The van der Waals surface area contributed by atoms with E-state index in [1.165, 1.54) is 44.4 Å². The highest BCUT2D eigenvalue weighted by Crippen LogP contribution is 2.17. The van der Waals surface area contributed by atoms with Crippen molar-refractivity contribution in [3.8, 4) is 5.75 Å². The van der Waals surface area contributed by atoms with Crippen molar-refractivity contribution in [2.75, 3.05) is 24.8 Å². The van der Waals surface area contributed by atoms with Crippen molar-refractivity contribution in [1.82, 2.24) is 0 Å². The number of hydrogen-bond donors (Lipinski definition) is 1. The molecule has 0 heterocycles. The van der Waals surface area contributed by atoms with E-state index in [4.69, 9.17) is 9.47 Å². The van der Waals surface area contributed by atoms with E-state index < -0.39 is 33.9 Å². The van der Waals surface area contributed by atoms with E-state index in [2.05, 4.69) is 5.32 Å². The molecule has 9 heteroatoms. The average Bonchev–Trinajstić information content (AvgIpc) is 2.70. The highest BCUT2D eigenvalue weighted by molar-refractivity contribution is 7.91. The van der Waals surface area contributed by atoms with Crippen molar-refractivity contribution >= 4 is 33.2 Å². The van der Waals surface area contributed by atoms with Crippen molar-refractivity contribution in [2.45, 2.75) is 18.2 Å². The lowest BCUT2D eigenvalue weighted by Crippen LogP contribution is -2.17. The van der Waals surface area contributed by atoms with Gasteiger partial charge in [-0.1, -0.05) is 12.1 Å². The molecule has 0 unspecified atom stereocenters. The van der Waals surface area contributed by atoms with Gasteiger partial charge in [0.15, 0.2) is 22.2 Å². The van der Waals surface area contributed by atoms with Crippen LogP contribution in [0.25, 0.3) is 0 Å². The van der Waals surface area contributed by atoms with E-state index in [9.17, 15) is 22.8 Å². The van der Waals surface area contributed by atoms with Gasteiger partial charge in [-0.05, 0) is 36.4 Å². The number of anilines is 1. The monoisotopic (exact) mass is 419 g/mol. The van der Waals surface area contributed by atoms with E-state index in [0.29, 0.717) is 17.0 Å². The van der Waals surface area contributed by atoms with Crippen molar-refractivity contribution in [2.24, 2.45) is 0 Å². The first-order valence-electron chi connectivity index (χ1n) is 8.64. The maximum absolute atomic E-state index is 12.3. The topological polar surface area (TPSA) is 116 Å². The first-order chi connectivity index (χ1) is 13.7. The minimum Gasteiger partial charge on any atom is -0.497 e. The van der Waals surface area contributed by atoms with Crippen LogP contribution in [0.3, 0.4) is 0 Å². The highest BCUT2D eigenvalue weighted by Gasteiger charge is 2.18. The molecular formula is C20H21NO7S. The number of amides is 1. The van der Waals surface area contributed by atoms with Crippen molar-refractivity contribution in [1.29, 1.82) is 0 Å². The molecule has 154 valence electrons. The summed E-state index contributed by atoms with van der Waals surface area (Å²) in [6.45, 7) is 0.854. The number of nitrogens with one attached hydrogen (secondary N) is 1. The Balaban J connectivity index is 1.87. The van der Waals surface area contributed by atoms with Gasteiger partial charge in [0.2, 0.25) is 5.91 Å². The smallest absolute Gasteiger partial charge is 0.307 e. The number of ether oxygens (including phenoxy) is 2. The number of esters is 1. The molecule has 1 N–H and O–H groups in total. The summed E-state index contributed by atoms with van der Waals surface area (Å²) in [4.78, 5) is 34.9. The fourth-order valence-corrected chi connectivity index (χ4v) is 3.60. The average molecular weight is 419 g/mol. The van der Waals surface area contributed by atoms with Crippen LogP contribution >= 0.6 is 0 Å². The molecule has 0 bridgehead atoms. The minimum atomic E-state index is -3.72. The summed E-state index contributed by atoms with van der Waals surface area (Å²) in [7, 11) is -2.25. The summed E-state index contributed by atoms with van der Waals surface area (Å²) in [6.07, 6.45) is -0.388. The number of Topliss-reactive ketones (excluding diaryl/α,β-unsaturated/α-hetero) is 1. The maximum Gasteiger partial charge on any atom is 0.307 e. The molecule has 0 saturated carbocycles. The SMILES string of the molecule is COc1cccc(C(=O)COC(=O)CCS(=O)(=O)c2ccc(NC(C)=O)cc2)c1. The fourth-order valence-electron chi connectivity index (χ4n) is 2.38. The number of benzene rings is 2. The zero-order chi connectivity index (χ0) is 21.4. The van der Waals surface area contributed by atoms with Gasteiger partial charge in [0, 0.05) is 18.2 Å². The second kappa shape index (κ2) is 9.83. The van der Waals surface area contributed by atoms with Crippen LogP contribution in [0.1, 0.15) is 23.7 Å². The molecule has 0 radical (unpaired) electrons. The van der Waals surface area contributed by atoms with Crippen LogP contribution in [0.15, 0.2) is 53.4 Å². The lowest BCUT2D eigenvalue weighted by atomic mass is 10.1. The van der Waals surface area contributed by atoms with Crippen molar-refractivity contribution in [3.05, 3.63) is 54.1 Å². The normalized spacial score (nSPS) is 10.8. The largest absolute Gasteiger partial charge is 0.497 e. The lowest BCUT2D eigenvalue weighted by Gasteiger charge is -2.07. The molecular weight excluding hydrogens is 398 g/mol. The van der Waals surface area contributed by atoms with Gasteiger partial charge < -0.3 is 14.8 Å². The van der Waals surface area contributed by atoms with Crippen LogP contribution < -0.4 is 10.1 Å². The van der Waals surface area contributed by atoms with Crippen LogP contribution in [0, 0.1) is 0 Å². The first kappa shape index (κ1) is 22.1. The highest BCUT2D eigenvalue weighted by atomic mass is 32.2. The van der Waals surface area contributed by atoms with Crippen molar-refractivity contribution in [3.63, 3.8) is 0 Å². The Morgan fingerprint density at radius 2 is 1.72 bits per heavy atom. The van der Waals surface area contributed by atoms with Crippen LogP contribution in [0.5, 0.6) is 5.75 Å². The van der Waals surface area contributed by atoms with Crippen molar-refractivity contribution < 1.29 is 32.3 Å². The van der Waals surface area contributed by atoms with E-state index >= 15 is 0 Å². The third kappa shape index (κ3) is 6.72. The number of methoxy groups -OCH3 is 1. The lowest BCUT2D eigenvalue weighted by molar-refractivity contribution is -0.142. The zero-order valence-electron chi connectivity index (χ0n) is 16.0. The van der Waals surface area contributed by atoms with Gasteiger partial charge in [-0.3, -0.25) is 14.4 Å². The molecule has 0 atom stereocenters. The summed E-state index contributed by atoms with van der Waals surface area (Å²) < 4.78 is 34.6. The second-order valence-corrected chi connectivity index (χ2v) is 8.20. The van der Waals surface area contributed by atoms with Gasteiger partial charge >= 0.3 is 5.97 Å². The summed E-state index contributed by atoms with van der Waals surface area (Å²) in [5.74, 6) is -1.45. The summed E-state index contributed by atoms with van der Waals surface area (Å²) >= 11 is 0. The predicted octanol–water partition coefficient (Wildman–Crippen LogP) is 2.24. The molecule has 8 nitrogen and oxygen atoms in total. The molecule has 2 rings (SSSR count). The van der Waals surface area contributed by atoms with Gasteiger partial charge in [0.25, 0.3) is 0 Å². The Morgan fingerprint density at radius 3 is 2.34 bits per heavy atom. The number of hydrogen-bond acceptors (Lipinski definition) is 7. The van der Waals surface area contributed by atoms with Gasteiger partial charge in [-0.25, -0.2) is 8.42 Å². The molecule has 0 spiro atoms. The molecule has 0 aliphatic heterocycles. The first-order valence-corrected chi connectivity index (χ1v) is 10.3. The molecule has 0 saturated heterocycles. The fraction of sp³-hybridized carbons (Fsp3) is 0.250. The molecule has 1 amide bonds. The Labute approximate surface area is 168 Å². The Hall–Kier alpha value is -3.20. The molecule has 29 heavy (non-hydrogen) atoms. The van der Waals surface area contributed by atoms with Crippen LogP contribution in [-0.4, -0.2) is 45.5 Å². The second-order valence-electron chi connectivity index (χ2n) is 6.09. The van der Waals surface area contributed by atoms with Gasteiger partial charge in [-0.15, -0.1) is 0 Å². The number of carbonyl (C=O) groups is 3. The summed E-state index contributed by atoms with van der Waals surface area (Å²) in [5, 5.41) is 2.53. The minimum absolute atomic E-state index is 0.0202. The molecule has 2 aromatic rings. The molecule has 0 fully saturated rings. The predicted molar refractivity (Wildman–Crippen MR) is 106 cm³/mol.